The van der Waals surface area contributed by atoms with Crippen LogP contribution in [0, 0.1) is 5.92 Å². The fourth-order valence-corrected chi connectivity index (χ4v) is 2.55. The van der Waals surface area contributed by atoms with Crippen LogP contribution in [-0.4, -0.2) is 23.8 Å². The number of aliphatic hydroxyl groups is 1. The van der Waals surface area contributed by atoms with Crippen molar-refractivity contribution >= 4 is 0 Å². The van der Waals surface area contributed by atoms with Gasteiger partial charge in [0.05, 0.1) is 0 Å². The standard InChI is InChI=1S/C13H27NO/c1-3-12(9-10-15)14-13-6-4-5-11(2)7-8-13/h11-15H,3-10H2,1-2H3. The smallest absolute Gasteiger partial charge is 0.0445 e. The van der Waals surface area contributed by atoms with Crippen LogP contribution in [0.25, 0.3) is 0 Å². The SMILES string of the molecule is CCC(CCO)NC1CCCC(C)CC1. The lowest BCUT2D eigenvalue weighted by Gasteiger charge is -2.23. The zero-order valence-electron chi connectivity index (χ0n) is 10.3. The molecule has 0 spiro atoms. The van der Waals surface area contributed by atoms with E-state index in [1.54, 1.807) is 0 Å². The molecule has 0 aliphatic heterocycles. The van der Waals surface area contributed by atoms with Crippen LogP contribution in [0.15, 0.2) is 0 Å². The van der Waals surface area contributed by atoms with Gasteiger partial charge in [0.15, 0.2) is 0 Å². The Kier molecular flexibility index (Phi) is 6.26. The van der Waals surface area contributed by atoms with Gasteiger partial charge in [0.1, 0.15) is 0 Å². The van der Waals surface area contributed by atoms with Crippen LogP contribution in [0.5, 0.6) is 0 Å². The molecule has 0 aromatic rings. The Morgan fingerprint density at radius 1 is 1.27 bits per heavy atom. The van der Waals surface area contributed by atoms with Crippen molar-refractivity contribution < 1.29 is 5.11 Å². The highest BCUT2D eigenvalue weighted by Crippen LogP contribution is 2.23. The maximum Gasteiger partial charge on any atom is 0.0445 e. The van der Waals surface area contributed by atoms with Gasteiger partial charge in [-0.25, -0.2) is 0 Å². The minimum Gasteiger partial charge on any atom is -0.396 e. The summed E-state index contributed by atoms with van der Waals surface area (Å²) in [6, 6.07) is 1.22. The van der Waals surface area contributed by atoms with E-state index in [2.05, 4.69) is 19.2 Å². The summed E-state index contributed by atoms with van der Waals surface area (Å²) in [7, 11) is 0. The molecule has 2 N–H and O–H groups in total. The van der Waals surface area contributed by atoms with Gasteiger partial charge in [-0.3, -0.25) is 0 Å². The van der Waals surface area contributed by atoms with Crippen LogP contribution in [0.4, 0.5) is 0 Å². The first kappa shape index (κ1) is 13.0. The van der Waals surface area contributed by atoms with Crippen molar-refractivity contribution in [2.75, 3.05) is 6.61 Å². The van der Waals surface area contributed by atoms with E-state index in [-0.39, 0.29) is 0 Å². The molecule has 15 heavy (non-hydrogen) atoms. The quantitative estimate of drug-likeness (QED) is 0.688. The lowest BCUT2D eigenvalue weighted by molar-refractivity contribution is 0.251. The average molecular weight is 213 g/mol. The maximum absolute atomic E-state index is 8.95. The van der Waals surface area contributed by atoms with Gasteiger partial charge in [-0.05, 0) is 38.0 Å². The molecule has 1 fully saturated rings. The summed E-state index contributed by atoms with van der Waals surface area (Å²) in [6.07, 6.45) is 8.82. The highest BCUT2D eigenvalue weighted by atomic mass is 16.3. The van der Waals surface area contributed by atoms with E-state index < -0.39 is 0 Å². The molecule has 3 unspecified atom stereocenters. The van der Waals surface area contributed by atoms with E-state index in [1.165, 1.54) is 32.1 Å². The van der Waals surface area contributed by atoms with Crippen LogP contribution >= 0.6 is 0 Å². The largest absolute Gasteiger partial charge is 0.396 e. The summed E-state index contributed by atoms with van der Waals surface area (Å²) in [5.41, 5.74) is 0. The Hall–Kier alpha value is -0.0800. The minimum atomic E-state index is 0.314. The zero-order chi connectivity index (χ0) is 11.1. The highest BCUT2D eigenvalue weighted by molar-refractivity contribution is 4.77. The van der Waals surface area contributed by atoms with Crippen molar-refractivity contribution in [1.29, 1.82) is 0 Å². The Morgan fingerprint density at radius 3 is 2.73 bits per heavy atom. The van der Waals surface area contributed by atoms with Crippen molar-refractivity contribution in [1.82, 2.24) is 5.32 Å². The third kappa shape index (κ3) is 4.98. The van der Waals surface area contributed by atoms with Crippen molar-refractivity contribution in [2.24, 2.45) is 5.92 Å². The summed E-state index contributed by atoms with van der Waals surface area (Å²) in [4.78, 5) is 0. The lowest BCUT2D eigenvalue weighted by Crippen LogP contribution is -2.38. The van der Waals surface area contributed by atoms with E-state index in [0.717, 1.165) is 18.8 Å². The van der Waals surface area contributed by atoms with Gasteiger partial charge < -0.3 is 10.4 Å². The Bertz CT molecular complexity index is 161. The number of aliphatic hydroxyl groups excluding tert-OH is 1. The second kappa shape index (κ2) is 7.24. The normalized spacial score (nSPS) is 29.8. The summed E-state index contributed by atoms with van der Waals surface area (Å²) < 4.78 is 0. The molecule has 90 valence electrons. The molecule has 0 bridgehead atoms. The Morgan fingerprint density at radius 2 is 2.07 bits per heavy atom. The van der Waals surface area contributed by atoms with Crippen LogP contribution in [0.1, 0.15) is 58.8 Å². The van der Waals surface area contributed by atoms with Gasteiger partial charge in [-0.1, -0.05) is 26.7 Å². The summed E-state index contributed by atoms with van der Waals surface area (Å²) in [6.45, 7) is 4.88. The van der Waals surface area contributed by atoms with Crippen LogP contribution < -0.4 is 5.32 Å². The fraction of sp³-hybridized carbons (Fsp3) is 1.00. The summed E-state index contributed by atoms with van der Waals surface area (Å²) >= 11 is 0. The molecule has 0 aromatic heterocycles. The second-order valence-electron chi connectivity index (χ2n) is 5.09. The van der Waals surface area contributed by atoms with Gasteiger partial charge in [-0.2, -0.15) is 0 Å². The first-order chi connectivity index (χ1) is 7.26. The van der Waals surface area contributed by atoms with Gasteiger partial charge >= 0.3 is 0 Å². The molecule has 0 heterocycles. The molecule has 2 heteroatoms. The molecule has 0 saturated heterocycles. The van der Waals surface area contributed by atoms with Crippen molar-refractivity contribution in [3.8, 4) is 0 Å². The van der Waals surface area contributed by atoms with Gasteiger partial charge in [-0.15, -0.1) is 0 Å². The maximum atomic E-state index is 8.95. The number of nitrogens with one attached hydrogen (secondary N) is 1. The van der Waals surface area contributed by atoms with Crippen molar-refractivity contribution in [3.05, 3.63) is 0 Å². The molecule has 1 saturated carbocycles. The highest BCUT2D eigenvalue weighted by Gasteiger charge is 2.18. The van der Waals surface area contributed by atoms with Crippen LogP contribution in [-0.2, 0) is 0 Å². The van der Waals surface area contributed by atoms with E-state index >= 15 is 0 Å². The molecule has 1 rings (SSSR count). The van der Waals surface area contributed by atoms with Gasteiger partial charge in [0, 0.05) is 18.7 Å². The molecule has 2 nitrogen and oxygen atoms in total. The first-order valence-corrected chi connectivity index (χ1v) is 6.63. The predicted molar refractivity (Wildman–Crippen MR) is 65.0 cm³/mol. The Balaban J connectivity index is 2.29. The molecule has 0 radical (unpaired) electrons. The molecular formula is C13H27NO. The fourth-order valence-electron chi connectivity index (χ4n) is 2.55. The molecule has 3 atom stereocenters. The van der Waals surface area contributed by atoms with Crippen molar-refractivity contribution in [3.63, 3.8) is 0 Å². The minimum absolute atomic E-state index is 0.314. The third-order valence-corrected chi connectivity index (χ3v) is 3.70. The zero-order valence-corrected chi connectivity index (χ0v) is 10.3. The van der Waals surface area contributed by atoms with E-state index in [1.807, 2.05) is 0 Å². The third-order valence-electron chi connectivity index (χ3n) is 3.70. The molecule has 1 aliphatic carbocycles. The van der Waals surface area contributed by atoms with E-state index in [0.29, 0.717) is 18.7 Å². The van der Waals surface area contributed by atoms with Gasteiger partial charge in [0.25, 0.3) is 0 Å². The average Bonchev–Trinajstić information content (AvgIpc) is 2.43. The van der Waals surface area contributed by atoms with Crippen LogP contribution in [0.3, 0.4) is 0 Å². The summed E-state index contributed by atoms with van der Waals surface area (Å²) in [5, 5.41) is 12.7. The monoisotopic (exact) mass is 213 g/mol. The number of rotatable bonds is 5. The number of hydrogen-bond acceptors (Lipinski definition) is 2. The molecular weight excluding hydrogens is 186 g/mol. The molecule has 0 aromatic carbocycles. The van der Waals surface area contributed by atoms with E-state index in [9.17, 15) is 0 Å². The van der Waals surface area contributed by atoms with Crippen LogP contribution in [0.2, 0.25) is 0 Å². The first-order valence-electron chi connectivity index (χ1n) is 6.63. The van der Waals surface area contributed by atoms with Crippen molar-refractivity contribution in [2.45, 2.75) is 70.9 Å². The lowest BCUT2D eigenvalue weighted by atomic mass is 10.0. The topological polar surface area (TPSA) is 32.3 Å². The molecule has 0 amide bonds. The predicted octanol–water partition coefficient (Wildman–Crippen LogP) is 2.71. The van der Waals surface area contributed by atoms with E-state index in [4.69, 9.17) is 5.11 Å². The molecule has 1 aliphatic rings. The Labute approximate surface area is 94.5 Å². The second-order valence-corrected chi connectivity index (χ2v) is 5.09. The summed E-state index contributed by atoms with van der Waals surface area (Å²) in [5.74, 6) is 0.912. The number of hydrogen-bond donors (Lipinski definition) is 2. The van der Waals surface area contributed by atoms with Gasteiger partial charge in [0.2, 0.25) is 0 Å².